The van der Waals surface area contributed by atoms with E-state index in [2.05, 4.69) is 5.32 Å². The van der Waals surface area contributed by atoms with Gasteiger partial charge in [-0.1, -0.05) is 30.3 Å². The van der Waals surface area contributed by atoms with Crippen molar-refractivity contribution in [3.8, 4) is 11.5 Å². The van der Waals surface area contributed by atoms with Crippen molar-refractivity contribution in [3.05, 3.63) is 59.7 Å². The van der Waals surface area contributed by atoms with Gasteiger partial charge in [0, 0.05) is 17.5 Å². The van der Waals surface area contributed by atoms with Crippen molar-refractivity contribution < 1.29 is 24.5 Å². The van der Waals surface area contributed by atoms with Gasteiger partial charge in [-0.3, -0.25) is 4.79 Å². The highest BCUT2D eigenvalue weighted by molar-refractivity contribution is 5.96. The normalized spacial score (nSPS) is 11.5. The van der Waals surface area contributed by atoms with Crippen LogP contribution in [0.3, 0.4) is 0 Å². The number of para-hydroxylation sites is 1. The summed E-state index contributed by atoms with van der Waals surface area (Å²) in [5.74, 6) is -1.55. The maximum Gasteiger partial charge on any atom is 0.326 e. The summed E-state index contributed by atoms with van der Waals surface area (Å²) in [5, 5.41) is 21.8. The Labute approximate surface area is 133 Å². The van der Waals surface area contributed by atoms with Crippen molar-refractivity contribution >= 4 is 11.9 Å². The molecule has 23 heavy (non-hydrogen) atoms. The second kappa shape index (κ2) is 7.31. The number of nitrogens with one attached hydrogen (secondary N) is 1. The highest BCUT2D eigenvalue weighted by Crippen LogP contribution is 2.30. The van der Waals surface area contributed by atoms with Crippen LogP contribution in [0.2, 0.25) is 0 Å². The van der Waals surface area contributed by atoms with Crippen LogP contribution in [-0.4, -0.2) is 35.2 Å². The third kappa shape index (κ3) is 4.00. The molecule has 0 saturated heterocycles. The second-order valence-corrected chi connectivity index (χ2v) is 4.90. The summed E-state index contributed by atoms with van der Waals surface area (Å²) in [5.41, 5.74) is 0.749. The predicted octanol–water partition coefficient (Wildman–Crippen LogP) is 1.83. The third-order valence-electron chi connectivity index (χ3n) is 3.37. The van der Waals surface area contributed by atoms with Gasteiger partial charge >= 0.3 is 5.97 Å². The van der Waals surface area contributed by atoms with E-state index in [9.17, 15) is 19.8 Å². The number of hydrogen-bond acceptors (Lipinski definition) is 4. The van der Waals surface area contributed by atoms with Crippen molar-refractivity contribution in [1.29, 1.82) is 0 Å². The van der Waals surface area contributed by atoms with Crippen LogP contribution in [0.1, 0.15) is 15.9 Å². The lowest BCUT2D eigenvalue weighted by atomic mass is 10.0. The minimum Gasteiger partial charge on any atom is -0.504 e. The first kappa shape index (κ1) is 16.4. The summed E-state index contributed by atoms with van der Waals surface area (Å²) in [6.07, 6.45) is -0.0586. The standard InChI is InChI=1S/C17H17NO5/c1-23-14-9-5-8-12(15(14)19)10-13(17(21)22)18-16(20)11-6-3-2-4-7-11/h2-9,13,19H,10H2,1H3,(H,18,20)(H,21,22). The first-order chi connectivity index (χ1) is 11.0. The second-order valence-electron chi connectivity index (χ2n) is 4.90. The van der Waals surface area contributed by atoms with Crippen LogP contribution in [0.5, 0.6) is 11.5 Å². The summed E-state index contributed by atoms with van der Waals surface area (Å²) in [6, 6.07) is 12.0. The quantitative estimate of drug-likeness (QED) is 0.756. The van der Waals surface area contributed by atoms with E-state index in [1.165, 1.54) is 7.11 Å². The van der Waals surface area contributed by atoms with Gasteiger partial charge < -0.3 is 20.3 Å². The molecule has 0 aliphatic carbocycles. The molecule has 0 bridgehead atoms. The van der Waals surface area contributed by atoms with Gasteiger partial charge in [0.1, 0.15) is 6.04 Å². The first-order valence-corrected chi connectivity index (χ1v) is 6.96. The van der Waals surface area contributed by atoms with Crippen LogP contribution < -0.4 is 10.1 Å². The molecule has 1 amide bonds. The maximum atomic E-state index is 12.1. The fraction of sp³-hybridized carbons (Fsp3) is 0.176. The molecule has 2 aromatic carbocycles. The molecule has 6 heteroatoms. The summed E-state index contributed by atoms with van der Waals surface area (Å²) >= 11 is 0. The minimum atomic E-state index is -1.18. The highest BCUT2D eigenvalue weighted by atomic mass is 16.5. The number of methoxy groups -OCH3 is 1. The molecule has 2 rings (SSSR count). The number of phenols is 1. The summed E-state index contributed by atoms with van der Waals surface area (Å²) in [4.78, 5) is 23.5. The van der Waals surface area contributed by atoms with Crippen LogP contribution in [0.15, 0.2) is 48.5 Å². The average Bonchev–Trinajstić information content (AvgIpc) is 2.56. The Bertz CT molecular complexity index is 699. The molecule has 120 valence electrons. The number of amides is 1. The van der Waals surface area contributed by atoms with Crippen LogP contribution in [0, 0.1) is 0 Å². The number of carbonyl (C=O) groups excluding carboxylic acids is 1. The number of benzene rings is 2. The van der Waals surface area contributed by atoms with E-state index in [1.807, 2.05) is 0 Å². The van der Waals surface area contributed by atoms with Gasteiger partial charge in [-0.25, -0.2) is 4.79 Å². The van der Waals surface area contributed by atoms with Crippen molar-refractivity contribution in [2.45, 2.75) is 12.5 Å². The van der Waals surface area contributed by atoms with Gasteiger partial charge in [0.25, 0.3) is 5.91 Å². The minimum absolute atomic E-state index is 0.0586. The Kier molecular flexibility index (Phi) is 5.19. The zero-order valence-electron chi connectivity index (χ0n) is 12.5. The molecule has 3 N–H and O–H groups in total. The Morgan fingerprint density at radius 3 is 2.43 bits per heavy atom. The number of phenolic OH excluding ortho intramolecular Hbond substituents is 1. The van der Waals surface area contributed by atoms with Gasteiger partial charge in [-0.15, -0.1) is 0 Å². The third-order valence-corrected chi connectivity index (χ3v) is 3.37. The van der Waals surface area contributed by atoms with Gasteiger partial charge in [0.2, 0.25) is 0 Å². The van der Waals surface area contributed by atoms with Crippen molar-refractivity contribution in [3.63, 3.8) is 0 Å². The number of carboxylic acid groups (broad SMARTS) is 1. The molecule has 0 aliphatic rings. The Morgan fingerprint density at radius 2 is 1.83 bits per heavy atom. The van der Waals surface area contributed by atoms with Gasteiger partial charge in [0.15, 0.2) is 11.5 Å². The molecule has 0 fully saturated rings. The zero-order chi connectivity index (χ0) is 16.8. The molecule has 0 saturated carbocycles. The van der Waals surface area contributed by atoms with Gasteiger partial charge in [0.05, 0.1) is 7.11 Å². The SMILES string of the molecule is COc1cccc(CC(NC(=O)c2ccccc2)C(=O)O)c1O. The topological polar surface area (TPSA) is 95.9 Å². The van der Waals surface area contributed by atoms with Crippen LogP contribution in [-0.2, 0) is 11.2 Å². The van der Waals surface area contributed by atoms with Crippen molar-refractivity contribution in [1.82, 2.24) is 5.32 Å². The van der Waals surface area contributed by atoms with E-state index in [0.717, 1.165) is 0 Å². The lowest BCUT2D eigenvalue weighted by molar-refractivity contribution is -0.139. The molecule has 1 atom stereocenters. The molecular weight excluding hydrogens is 298 g/mol. The zero-order valence-corrected chi connectivity index (χ0v) is 12.5. The van der Waals surface area contributed by atoms with E-state index in [4.69, 9.17) is 4.74 Å². The van der Waals surface area contributed by atoms with Gasteiger partial charge in [-0.05, 0) is 18.2 Å². The Morgan fingerprint density at radius 1 is 1.13 bits per heavy atom. The molecule has 0 aromatic heterocycles. The maximum absolute atomic E-state index is 12.1. The van der Waals surface area contributed by atoms with Crippen molar-refractivity contribution in [2.24, 2.45) is 0 Å². The molecule has 6 nitrogen and oxygen atoms in total. The van der Waals surface area contributed by atoms with Crippen molar-refractivity contribution in [2.75, 3.05) is 7.11 Å². The predicted molar refractivity (Wildman–Crippen MR) is 83.7 cm³/mol. The molecular formula is C17H17NO5. The smallest absolute Gasteiger partial charge is 0.326 e. The first-order valence-electron chi connectivity index (χ1n) is 6.96. The monoisotopic (exact) mass is 315 g/mol. The molecule has 0 aliphatic heterocycles. The molecule has 0 spiro atoms. The van der Waals surface area contributed by atoms with E-state index in [1.54, 1.807) is 48.5 Å². The molecule has 1 unspecified atom stereocenters. The molecule has 2 aromatic rings. The number of aromatic hydroxyl groups is 1. The number of ether oxygens (including phenoxy) is 1. The lowest BCUT2D eigenvalue weighted by Gasteiger charge is -2.16. The molecule has 0 heterocycles. The van der Waals surface area contributed by atoms with Crippen LogP contribution in [0.25, 0.3) is 0 Å². The lowest BCUT2D eigenvalue weighted by Crippen LogP contribution is -2.42. The summed E-state index contributed by atoms with van der Waals surface area (Å²) in [6.45, 7) is 0. The fourth-order valence-corrected chi connectivity index (χ4v) is 2.15. The van der Waals surface area contributed by atoms with E-state index >= 15 is 0 Å². The number of carboxylic acids is 1. The number of carbonyl (C=O) groups is 2. The van der Waals surface area contributed by atoms with Crippen LogP contribution >= 0.6 is 0 Å². The average molecular weight is 315 g/mol. The van der Waals surface area contributed by atoms with E-state index in [-0.39, 0.29) is 17.9 Å². The fourth-order valence-electron chi connectivity index (χ4n) is 2.15. The molecule has 0 radical (unpaired) electrons. The largest absolute Gasteiger partial charge is 0.504 e. The summed E-state index contributed by atoms with van der Waals surface area (Å²) < 4.78 is 4.99. The summed E-state index contributed by atoms with van der Waals surface area (Å²) in [7, 11) is 1.41. The number of rotatable bonds is 6. The number of hydrogen-bond donors (Lipinski definition) is 3. The Hall–Kier alpha value is -3.02. The van der Waals surface area contributed by atoms with E-state index in [0.29, 0.717) is 11.1 Å². The highest BCUT2D eigenvalue weighted by Gasteiger charge is 2.23. The Balaban J connectivity index is 2.17. The number of aliphatic carboxylic acids is 1. The van der Waals surface area contributed by atoms with Crippen LogP contribution in [0.4, 0.5) is 0 Å². The van der Waals surface area contributed by atoms with Gasteiger partial charge in [-0.2, -0.15) is 0 Å². The van der Waals surface area contributed by atoms with E-state index < -0.39 is 17.9 Å².